The van der Waals surface area contributed by atoms with Crippen molar-refractivity contribution in [2.24, 2.45) is 0 Å². The molecule has 0 bridgehead atoms. The molecule has 1 N–H and O–H groups in total. The molecule has 0 unspecified atom stereocenters. The minimum atomic E-state index is -2.86. The normalized spacial score (nSPS) is 14.4. The van der Waals surface area contributed by atoms with Gasteiger partial charge in [-0.3, -0.25) is 0 Å². The van der Waals surface area contributed by atoms with Crippen molar-refractivity contribution in [2.75, 3.05) is 38.1 Å². The Labute approximate surface area is 208 Å². The minimum absolute atomic E-state index is 0.149. The van der Waals surface area contributed by atoms with Gasteiger partial charge in [0.1, 0.15) is 12.0 Å². The maximum atomic E-state index is 14.4. The van der Waals surface area contributed by atoms with Gasteiger partial charge in [0.05, 0.1) is 6.54 Å². The van der Waals surface area contributed by atoms with Crippen molar-refractivity contribution in [3.8, 4) is 11.5 Å². The molecule has 6 nitrogen and oxygen atoms in total. The van der Waals surface area contributed by atoms with Crippen LogP contribution in [0.2, 0.25) is 0 Å². The molecule has 0 radical (unpaired) electrons. The van der Waals surface area contributed by atoms with Crippen LogP contribution in [-0.2, 0) is 6.54 Å². The van der Waals surface area contributed by atoms with E-state index in [4.69, 9.17) is 4.42 Å². The number of benzene rings is 2. The van der Waals surface area contributed by atoms with Crippen LogP contribution in [0.25, 0.3) is 11.5 Å². The summed E-state index contributed by atoms with van der Waals surface area (Å²) in [5.41, 5.74) is 1.53. The van der Waals surface area contributed by atoms with Gasteiger partial charge in [0, 0.05) is 43.0 Å². The summed E-state index contributed by atoms with van der Waals surface area (Å²) in [6.07, 6.45) is -0.346. The summed E-state index contributed by atoms with van der Waals surface area (Å²) in [7, 11) is 1.95. The molecule has 1 aromatic heterocycles. The summed E-state index contributed by atoms with van der Waals surface area (Å²) in [4.78, 5) is 4.10. The molecule has 1 saturated heterocycles. The number of aromatic nitrogens is 2. The molecule has 1 aliphatic rings. The van der Waals surface area contributed by atoms with E-state index >= 15 is 0 Å². The molecular formula is C26H31F4N5O. The molecule has 1 aliphatic heterocycles. The summed E-state index contributed by atoms with van der Waals surface area (Å²) < 4.78 is 56.9. The predicted molar refractivity (Wildman–Crippen MR) is 132 cm³/mol. The van der Waals surface area contributed by atoms with Crippen LogP contribution in [0.15, 0.2) is 65.7 Å². The fraction of sp³-hybridized carbons (Fsp3) is 0.385. The smallest absolute Gasteiger partial charge is 0.314 e. The maximum Gasteiger partial charge on any atom is 0.314 e. The van der Waals surface area contributed by atoms with Crippen molar-refractivity contribution in [3.05, 3.63) is 78.6 Å². The van der Waals surface area contributed by atoms with E-state index in [9.17, 15) is 17.6 Å². The highest BCUT2D eigenvalue weighted by atomic mass is 19.3. The maximum absolute atomic E-state index is 14.4. The Balaban J connectivity index is 0.000000275. The monoisotopic (exact) mass is 505 g/mol. The Morgan fingerprint density at radius 1 is 1.17 bits per heavy atom. The van der Waals surface area contributed by atoms with E-state index in [2.05, 4.69) is 27.0 Å². The number of anilines is 1. The zero-order valence-electron chi connectivity index (χ0n) is 20.2. The molecule has 2 heterocycles. The number of nitrogens with zero attached hydrogens (tertiary/aromatic N) is 4. The molecule has 0 atom stereocenters. The van der Waals surface area contributed by atoms with Crippen LogP contribution in [0.4, 0.5) is 23.2 Å². The van der Waals surface area contributed by atoms with Crippen molar-refractivity contribution in [1.29, 1.82) is 0 Å². The standard InChI is InChI=1S/C18H14F3N3O.C8H17FN2/c1-2-24(14-6-4-3-5-7-14)11-13-9-8-12(10-15(13)19)17-22-23-18(25-17)16(20)21;1-10-4-7-11-5-2-8(9)3-6-11/h2-10,16H,1,11H2;8,10H,2-7H2,1H3. The summed E-state index contributed by atoms with van der Waals surface area (Å²) in [6, 6.07) is 13.7. The highest BCUT2D eigenvalue weighted by molar-refractivity contribution is 5.55. The molecule has 4 rings (SSSR count). The molecular weight excluding hydrogens is 474 g/mol. The van der Waals surface area contributed by atoms with E-state index in [1.807, 2.05) is 37.4 Å². The second kappa shape index (κ2) is 13.7. The third-order valence-electron chi connectivity index (χ3n) is 5.77. The van der Waals surface area contributed by atoms with E-state index in [-0.39, 0.29) is 18.0 Å². The highest BCUT2D eigenvalue weighted by Gasteiger charge is 2.18. The van der Waals surface area contributed by atoms with Gasteiger partial charge in [0.2, 0.25) is 5.89 Å². The number of nitrogens with one attached hydrogen (secondary N) is 1. The number of para-hydroxylation sites is 1. The van der Waals surface area contributed by atoms with Gasteiger partial charge in [-0.1, -0.05) is 30.8 Å². The second-order valence-electron chi connectivity index (χ2n) is 8.32. The minimum Gasteiger partial charge on any atom is -0.415 e. The number of halogens is 4. The number of hydrogen-bond acceptors (Lipinski definition) is 6. The highest BCUT2D eigenvalue weighted by Crippen LogP contribution is 2.26. The Bertz CT molecular complexity index is 1070. The van der Waals surface area contributed by atoms with Gasteiger partial charge in [0.15, 0.2) is 0 Å². The van der Waals surface area contributed by atoms with Gasteiger partial charge in [-0.15, -0.1) is 10.2 Å². The van der Waals surface area contributed by atoms with E-state index in [1.54, 1.807) is 23.2 Å². The molecule has 36 heavy (non-hydrogen) atoms. The Morgan fingerprint density at radius 2 is 1.89 bits per heavy atom. The van der Waals surface area contributed by atoms with Gasteiger partial charge < -0.3 is 19.5 Å². The quantitative estimate of drug-likeness (QED) is 0.382. The lowest BCUT2D eigenvalue weighted by Crippen LogP contribution is -2.38. The Kier molecular flexibility index (Phi) is 10.4. The van der Waals surface area contributed by atoms with E-state index in [0.717, 1.165) is 44.7 Å². The third kappa shape index (κ3) is 7.89. The summed E-state index contributed by atoms with van der Waals surface area (Å²) in [5, 5.41) is 9.84. The van der Waals surface area contributed by atoms with Crippen LogP contribution in [0, 0.1) is 5.82 Å². The first-order chi connectivity index (χ1) is 17.4. The molecule has 0 spiro atoms. The number of rotatable bonds is 9. The molecule has 194 valence electrons. The van der Waals surface area contributed by atoms with Gasteiger partial charge in [0.25, 0.3) is 5.89 Å². The average molecular weight is 506 g/mol. The van der Waals surface area contributed by atoms with Crippen LogP contribution in [0.5, 0.6) is 0 Å². The van der Waals surface area contributed by atoms with Crippen molar-refractivity contribution >= 4 is 5.69 Å². The number of likely N-dealkylation sites (tertiary alicyclic amines) is 1. The van der Waals surface area contributed by atoms with E-state index in [1.165, 1.54) is 6.07 Å². The van der Waals surface area contributed by atoms with Gasteiger partial charge in [-0.2, -0.15) is 8.78 Å². The van der Waals surface area contributed by atoms with Gasteiger partial charge in [-0.25, -0.2) is 8.78 Å². The molecule has 3 aromatic rings. The average Bonchev–Trinajstić information content (AvgIpc) is 3.39. The summed E-state index contributed by atoms with van der Waals surface area (Å²) >= 11 is 0. The first kappa shape index (κ1) is 27.3. The lowest BCUT2D eigenvalue weighted by Gasteiger charge is -2.28. The topological polar surface area (TPSA) is 57.4 Å². The van der Waals surface area contributed by atoms with Gasteiger partial charge >= 0.3 is 6.43 Å². The van der Waals surface area contributed by atoms with Crippen LogP contribution in [0.3, 0.4) is 0 Å². The van der Waals surface area contributed by atoms with Crippen LogP contribution >= 0.6 is 0 Å². The molecule has 0 aliphatic carbocycles. The lowest BCUT2D eigenvalue weighted by molar-refractivity contribution is 0.116. The fourth-order valence-electron chi connectivity index (χ4n) is 3.71. The van der Waals surface area contributed by atoms with Crippen LogP contribution in [-0.4, -0.2) is 54.5 Å². The lowest BCUT2D eigenvalue weighted by atomic mass is 10.1. The van der Waals surface area contributed by atoms with Crippen molar-refractivity contribution in [2.45, 2.75) is 32.0 Å². The summed E-state index contributed by atoms with van der Waals surface area (Å²) in [6.45, 7) is 7.95. The first-order valence-corrected chi connectivity index (χ1v) is 11.8. The SMILES string of the molecule is C=CN(Cc1ccc(-c2nnc(C(F)F)o2)cc1F)c1ccccc1.CNCCN1CCC(F)CC1. The third-order valence-corrected chi connectivity index (χ3v) is 5.77. The molecule has 10 heteroatoms. The summed E-state index contributed by atoms with van der Waals surface area (Å²) in [5.74, 6) is -1.44. The van der Waals surface area contributed by atoms with E-state index in [0.29, 0.717) is 5.56 Å². The largest absolute Gasteiger partial charge is 0.415 e. The van der Waals surface area contributed by atoms with Crippen LogP contribution in [0.1, 0.15) is 30.7 Å². The van der Waals surface area contributed by atoms with Crippen molar-refractivity contribution in [3.63, 3.8) is 0 Å². The van der Waals surface area contributed by atoms with E-state index < -0.39 is 24.3 Å². The Hall–Kier alpha value is -3.24. The predicted octanol–water partition coefficient (Wildman–Crippen LogP) is 5.60. The zero-order chi connectivity index (χ0) is 25.9. The number of alkyl halides is 3. The molecule has 0 saturated carbocycles. The van der Waals surface area contributed by atoms with Crippen LogP contribution < -0.4 is 10.2 Å². The first-order valence-electron chi connectivity index (χ1n) is 11.8. The second-order valence-corrected chi connectivity index (χ2v) is 8.32. The number of likely N-dealkylation sites (N-methyl/N-ethyl adjacent to an activating group) is 1. The molecule has 0 amide bonds. The van der Waals surface area contributed by atoms with Crippen molar-refractivity contribution < 1.29 is 22.0 Å². The molecule has 2 aromatic carbocycles. The molecule has 1 fully saturated rings. The number of piperidine rings is 1. The Morgan fingerprint density at radius 3 is 2.47 bits per heavy atom. The van der Waals surface area contributed by atoms with Gasteiger partial charge in [-0.05, 0) is 50.4 Å². The fourth-order valence-corrected chi connectivity index (χ4v) is 3.71. The zero-order valence-corrected chi connectivity index (χ0v) is 20.2. The number of hydrogen-bond donors (Lipinski definition) is 1. The van der Waals surface area contributed by atoms with Crippen molar-refractivity contribution in [1.82, 2.24) is 20.4 Å².